The van der Waals surface area contributed by atoms with Gasteiger partial charge in [0, 0.05) is 11.4 Å². The highest BCUT2D eigenvalue weighted by Gasteiger charge is 2.04. The Labute approximate surface area is 152 Å². The van der Waals surface area contributed by atoms with Crippen molar-refractivity contribution in [2.24, 2.45) is 5.16 Å². The summed E-state index contributed by atoms with van der Waals surface area (Å²) in [6.07, 6.45) is 0.986. The van der Waals surface area contributed by atoms with Crippen molar-refractivity contribution in [1.29, 1.82) is 0 Å². The molecule has 26 heavy (non-hydrogen) atoms. The van der Waals surface area contributed by atoms with Crippen molar-refractivity contribution in [2.45, 2.75) is 13.8 Å². The Balaban J connectivity index is 1.75. The van der Waals surface area contributed by atoms with Crippen LogP contribution in [0, 0.1) is 13.8 Å². The number of hydrogen-bond donors (Lipinski definition) is 2. The predicted octanol–water partition coefficient (Wildman–Crippen LogP) is 2.89. The minimum atomic E-state index is -0.437. The minimum absolute atomic E-state index is 0.306. The fourth-order valence-electron chi connectivity index (χ4n) is 2.17. The Morgan fingerprint density at radius 2 is 1.81 bits per heavy atom. The number of anilines is 2. The van der Waals surface area contributed by atoms with E-state index in [-0.39, 0.29) is 12.5 Å². The van der Waals surface area contributed by atoms with E-state index in [1.54, 1.807) is 31.4 Å². The van der Waals surface area contributed by atoms with Crippen LogP contribution in [0.25, 0.3) is 0 Å². The molecule has 0 bridgehead atoms. The first-order valence-corrected chi connectivity index (χ1v) is 7.95. The molecule has 2 amide bonds. The van der Waals surface area contributed by atoms with Crippen LogP contribution in [0.15, 0.2) is 47.6 Å². The largest absolute Gasteiger partial charge is 0.497 e. The second kappa shape index (κ2) is 9.22. The van der Waals surface area contributed by atoms with Crippen LogP contribution in [0.5, 0.6) is 5.75 Å². The number of hydrogen-bond acceptors (Lipinski definition) is 5. The molecule has 0 atom stereocenters. The quantitative estimate of drug-likeness (QED) is 0.590. The molecule has 136 valence electrons. The van der Waals surface area contributed by atoms with Crippen LogP contribution in [0.2, 0.25) is 0 Å². The van der Waals surface area contributed by atoms with Gasteiger partial charge in [0.2, 0.25) is 0 Å². The number of aryl methyl sites for hydroxylation is 2. The maximum atomic E-state index is 11.8. The van der Waals surface area contributed by atoms with Gasteiger partial charge in [0.1, 0.15) is 12.0 Å². The molecule has 0 heterocycles. The molecular formula is C19H21N3O4. The molecule has 0 spiro atoms. The van der Waals surface area contributed by atoms with Crippen LogP contribution in [0.1, 0.15) is 11.1 Å². The third-order valence-electron chi connectivity index (χ3n) is 3.45. The van der Waals surface area contributed by atoms with E-state index in [1.165, 1.54) is 0 Å². The predicted molar refractivity (Wildman–Crippen MR) is 101 cm³/mol. The normalized spacial score (nSPS) is 10.4. The summed E-state index contributed by atoms with van der Waals surface area (Å²) in [6.45, 7) is 3.57. The highest BCUT2D eigenvalue weighted by molar-refractivity contribution is 6.31. The third kappa shape index (κ3) is 5.94. The zero-order valence-electron chi connectivity index (χ0n) is 14.9. The molecule has 0 aliphatic heterocycles. The molecule has 2 aromatic carbocycles. The first kappa shape index (κ1) is 19.0. The number of methoxy groups -OCH3 is 1. The number of oxime groups is 1. The van der Waals surface area contributed by atoms with Crippen LogP contribution in [-0.2, 0) is 14.4 Å². The van der Waals surface area contributed by atoms with Crippen LogP contribution in [0.3, 0.4) is 0 Å². The summed E-state index contributed by atoms with van der Waals surface area (Å²) < 4.78 is 5.04. The number of ether oxygens (including phenoxy) is 1. The lowest BCUT2D eigenvalue weighted by molar-refractivity contribution is -0.120. The molecule has 0 aromatic heterocycles. The van der Waals surface area contributed by atoms with E-state index >= 15 is 0 Å². The van der Waals surface area contributed by atoms with E-state index < -0.39 is 5.91 Å². The molecule has 2 aromatic rings. The van der Waals surface area contributed by atoms with Gasteiger partial charge in [0.25, 0.3) is 11.8 Å². The van der Waals surface area contributed by atoms with Crippen molar-refractivity contribution >= 4 is 29.4 Å². The van der Waals surface area contributed by atoms with E-state index in [0.29, 0.717) is 17.1 Å². The van der Waals surface area contributed by atoms with Gasteiger partial charge in [-0.2, -0.15) is 0 Å². The van der Waals surface area contributed by atoms with Gasteiger partial charge in [-0.25, -0.2) is 0 Å². The van der Waals surface area contributed by atoms with Crippen LogP contribution in [-0.4, -0.2) is 31.7 Å². The van der Waals surface area contributed by atoms with E-state index in [0.717, 1.165) is 17.3 Å². The monoisotopic (exact) mass is 355 g/mol. The Morgan fingerprint density at radius 1 is 1.08 bits per heavy atom. The zero-order chi connectivity index (χ0) is 18.9. The molecule has 0 aliphatic rings. The molecule has 0 saturated heterocycles. The lowest BCUT2D eigenvalue weighted by Crippen LogP contribution is -2.18. The molecule has 0 radical (unpaired) electrons. The molecule has 7 nitrogen and oxygen atoms in total. The summed E-state index contributed by atoms with van der Waals surface area (Å²) in [7, 11) is 1.57. The number of nitrogens with zero attached hydrogens (tertiary/aromatic N) is 1. The van der Waals surface area contributed by atoms with Crippen LogP contribution in [0.4, 0.5) is 11.4 Å². The lowest BCUT2D eigenvalue weighted by atomic mass is 10.1. The summed E-state index contributed by atoms with van der Waals surface area (Å²) in [5.41, 5.74) is 3.37. The van der Waals surface area contributed by atoms with Crippen molar-refractivity contribution in [1.82, 2.24) is 0 Å². The zero-order valence-corrected chi connectivity index (χ0v) is 14.9. The Bertz CT molecular complexity index is 801. The number of carbonyl (C=O) groups is 2. The van der Waals surface area contributed by atoms with E-state index in [2.05, 4.69) is 15.8 Å². The Morgan fingerprint density at radius 3 is 2.46 bits per heavy atom. The van der Waals surface area contributed by atoms with Gasteiger partial charge in [0.15, 0.2) is 6.61 Å². The van der Waals surface area contributed by atoms with Gasteiger partial charge in [-0.1, -0.05) is 22.9 Å². The molecule has 0 aliphatic carbocycles. The smallest absolute Gasteiger partial charge is 0.270 e. The first-order chi connectivity index (χ1) is 12.5. The first-order valence-electron chi connectivity index (χ1n) is 7.95. The van der Waals surface area contributed by atoms with Crippen molar-refractivity contribution in [3.05, 3.63) is 53.6 Å². The molecule has 0 fully saturated rings. The second-order valence-electron chi connectivity index (χ2n) is 5.59. The average Bonchev–Trinajstić information content (AvgIpc) is 2.62. The average molecular weight is 355 g/mol. The second-order valence-corrected chi connectivity index (χ2v) is 5.59. The molecule has 0 saturated carbocycles. The molecule has 2 rings (SSSR count). The van der Waals surface area contributed by atoms with Gasteiger partial charge in [-0.3, -0.25) is 9.59 Å². The summed E-state index contributed by atoms with van der Waals surface area (Å²) in [6, 6.07) is 12.6. The standard InChI is InChI=1S/C19H21N3O4/c1-13-4-9-17(14(2)10-13)22-18(23)11-20-26-12-19(24)21-15-5-7-16(25-3)8-6-15/h4-11H,12H2,1-3H3,(H,21,24)(H,22,23)/b20-11-. The summed E-state index contributed by atoms with van der Waals surface area (Å²) in [5, 5.41) is 8.84. The van der Waals surface area contributed by atoms with Gasteiger partial charge >= 0.3 is 0 Å². The van der Waals surface area contributed by atoms with Crippen LogP contribution < -0.4 is 15.4 Å². The number of nitrogens with one attached hydrogen (secondary N) is 2. The molecule has 7 heteroatoms. The maximum Gasteiger partial charge on any atom is 0.270 e. The fourth-order valence-corrected chi connectivity index (χ4v) is 2.17. The molecular weight excluding hydrogens is 334 g/mol. The van der Waals surface area contributed by atoms with Crippen LogP contribution >= 0.6 is 0 Å². The van der Waals surface area contributed by atoms with E-state index in [4.69, 9.17) is 9.57 Å². The summed E-state index contributed by atoms with van der Waals surface area (Å²) >= 11 is 0. The van der Waals surface area contributed by atoms with Gasteiger partial charge < -0.3 is 20.2 Å². The highest BCUT2D eigenvalue weighted by atomic mass is 16.6. The van der Waals surface area contributed by atoms with Crippen molar-refractivity contribution < 1.29 is 19.2 Å². The topological polar surface area (TPSA) is 89.0 Å². The van der Waals surface area contributed by atoms with Gasteiger partial charge in [-0.05, 0) is 49.7 Å². The lowest BCUT2D eigenvalue weighted by Gasteiger charge is -2.07. The van der Waals surface area contributed by atoms with Gasteiger partial charge in [-0.15, -0.1) is 0 Å². The Kier molecular flexibility index (Phi) is 6.73. The fraction of sp³-hybridized carbons (Fsp3) is 0.211. The summed E-state index contributed by atoms with van der Waals surface area (Å²) in [5.74, 6) is -0.131. The third-order valence-corrected chi connectivity index (χ3v) is 3.45. The van der Waals surface area contributed by atoms with Gasteiger partial charge in [0.05, 0.1) is 7.11 Å². The number of benzene rings is 2. The maximum absolute atomic E-state index is 11.8. The Hall–Kier alpha value is -3.35. The minimum Gasteiger partial charge on any atom is -0.497 e. The number of rotatable bonds is 7. The van der Waals surface area contributed by atoms with Crippen molar-refractivity contribution in [3.8, 4) is 5.75 Å². The number of carbonyl (C=O) groups excluding carboxylic acids is 2. The molecule has 2 N–H and O–H groups in total. The van der Waals surface area contributed by atoms with Crippen molar-refractivity contribution in [3.63, 3.8) is 0 Å². The van der Waals surface area contributed by atoms with Crippen molar-refractivity contribution in [2.75, 3.05) is 24.4 Å². The van der Waals surface area contributed by atoms with E-state index in [1.807, 2.05) is 32.0 Å². The SMILES string of the molecule is COc1ccc(NC(=O)CO/N=C\C(=O)Nc2ccc(C)cc2C)cc1. The summed E-state index contributed by atoms with van der Waals surface area (Å²) in [4.78, 5) is 28.4. The highest BCUT2D eigenvalue weighted by Crippen LogP contribution is 2.16. The van der Waals surface area contributed by atoms with E-state index in [9.17, 15) is 9.59 Å². The molecule has 0 unspecified atom stereocenters. The number of amides is 2.